The Morgan fingerprint density at radius 1 is 1.35 bits per heavy atom. The molecule has 0 saturated carbocycles. The Morgan fingerprint density at radius 2 is 2.10 bits per heavy atom. The topological polar surface area (TPSA) is 38.5 Å². The summed E-state index contributed by atoms with van der Waals surface area (Å²) >= 11 is 6.01. The lowest BCUT2D eigenvalue weighted by Crippen LogP contribution is -2.37. The van der Waals surface area contributed by atoms with E-state index in [1.165, 1.54) is 0 Å². The Kier molecular flexibility index (Phi) is 8.15. The number of ether oxygens (including phenoxy) is 1. The fraction of sp³-hybridized carbons (Fsp3) is 0.625. The second-order valence-electron chi connectivity index (χ2n) is 5.24. The van der Waals surface area contributed by atoms with E-state index in [1.54, 1.807) is 7.11 Å². The van der Waals surface area contributed by atoms with Crippen molar-refractivity contribution in [2.75, 3.05) is 26.8 Å². The number of nitrogens with two attached hydrogens (primary N) is 1. The summed E-state index contributed by atoms with van der Waals surface area (Å²) in [7, 11) is 1.74. The summed E-state index contributed by atoms with van der Waals surface area (Å²) in [6, 6.07) is 8.41. The van der Waals surface area contributed by atoms with Gasteiger partial charge in [0.05, 0.1) is 6.61 Å². The van der Waals surface area contributed by atoms with Crippen molar-refractivity contribution < 1.29 is 4.74 Å². The van der Waals surface area contributed by atoms with Crippen LogP contribution in [0.25, 0.3) is 0 Å². The van der Waals surface area contributed by atoms with Crippen LogP contribution in [0.1, 0.15) is 38.3 Å². The fourth-order valence-electron chi connectivity index (χ4n) is 2.23. The average Bonchev–Trinajstić information content (AvgIpc) is 2.46. The minimum absolute atomic E-state index is 0.0304. The van der Waals surface area contributed by atoms with Crippen LogP contribution in [0.3, 0.4) is 0 Å². The van der Waals surface area contributed by atoms with Gasteiger partial charge in [-0.2, -0.15) is 0 Å². The molecule has 3 nitrogen and oxygen atoms in total. The van der Waals surface area contributed by atoms with Crippen LogP contribution in [-0.4, -0.2) is 37.7 Å². The maximum atomic E-state index is 6.27. The number of nitrogens with zero attached hydrogens (tertiary/aromatic N) is 1. The summed E-state index contributed by atoms with van der Waals surface area (Å²) in [4.78, 5) is 2.44. The first kappa shape index (κ1) is 17.4. The summed E-state index contributed by atoms with van der Waals surface area (Å²) in [5.41, 5.74) is 7.37. The van der Waals surface area contributed by atoms with Crippen LogP contribution in [0.4, 0.5) is 0 Å². The summed E-state index contributed by atoms with van der Waals surface area (Å²) in [6.07, 6.45) is 2.06. The van der Waals surface area contributed by atoms with Gasteiger partial charge in [-0.3, -0.25) is 4.90 Å². The lowest BCUT2D eigenvalue weighted by atomic mass is 10.0. The molecule has 0 amide bonds. The quantitative estimate of drug-likeness (QED) is 0.758. The van der Waals surface area contributed by atoms with Crippen molar-refractivity contribution in [2.45, 2.75) is 38.8 Å². The van der Waals surface area contributed by atoms with Gasteiger partial charge in [-0.15, -0.1) is 0 Å². The van der Waals surface area contributed by atoms with Gasteiger partial charge in [0, 0.05) is 37.3 Å². The highest BCUT2D eigenvalue weighted by Gasteiger charge is 2.14. The fourth-order valence-corrected chi connectivity index (χ4v) is 2.43. The van der Waals surface area contributed by atoms with Gasteiger partial charge in [0.2, 0.25) is 0 Å². The molecule has 1 aromatic rings. The normalized spacial score (nSPS) is 14.5. The molecule has 0 aromatic heterocycles. The van der Waals surface area contributed by atoms with E-state index in [9.17, 15) is 0 Å². The second-order valence-corrected chi connectivity index (χ2v) is 5.67. The molecule has 0 fully saturated rings. The van der Waals surface area contributed by atoms with E-state index < -0.39 is 0 Å². The van der Waals surface area contributed by atoms with Gasteiger partial charge in [-0.05, 0) is 37.5 Å². The predicted molar refractivity (Wildman–Crippen MR) is 86.2 cm³/mol. The Bertz CT molecular complexity index is 386. The van der Waals surface area contributed by atoms with Crippen molar-refractivity contribution in [1.82, 2.24) is 4.90 Å². The molecular formula is C16H27ClN2O. The Labute approximate surface area is 128 Å². The number of halogens is 1. The van der Waals surface area contributed by atoms with Gasteiger partial charge in [0.25, 0.3) is 0 Å². The average molecular weight is 299 g/mol. The Hall–Kier alpha value is -0.610. The molecule has 0 saturated heterocycles. The van der Waals surface area contributed by atoms with E-state index in [-0.39, 0.29) is 6.04 Å². The van der Waals surface area contributed by atoms with E-state index in [0.29, 0.717) is 6.04 Å². The number of rotatable bonds is 9. The van der Waals surface area contributed by atoms with E-state index in [1.807, 2.05) is 24.3 Å². The summed E-state index contributed by atoms with van der Waals surface area (Å²) in [5, 5.41) is 0.746. The first-order valence-electron chi connectivity index (χ1n) is 7.32. The van der Waals surface area contributed by atoms with Gasteiger partial charge in [0.1, 0.15) is 0 Å². The minimum Gasteiger partial charge on any atom is -0.383 e. The lowest BCUT2D eigenvalue weighted by Gasteiger charge is -2.29. The molecule has 0 spiro atoms. The third kappa shape index (κ3) is 5.80. The SMILES string of the molecule is CCC(C)N(CCOC)CCC(N)c1cccc(Cl)c1. The zero-order chi connectivity index (χ0) is 15.0. The van der Waals surface area contributed by atoms with Crippen molar-refractivity contribution in [3.8, 4) is 0 Å². The molecule has 0 aliphatic rings. The monoisotopic (exact) mass is 298 g/mol. The van der Waals surface area contributed by atoms with Gasteiger partial charge < -0.3 is 10.5 Å². The standard InChI is InChI=1S/C16H27ClN2O/c1-4-13(2)19(10-11-20-3)9-8-16(18)14-6-5-7-15(17)12-14/h5-7,12-13,16H,4,8-11,18H2,1-3H3. The molecule has 0 bridgehead atoms. The smallest absolute Gasteiger partial charge is 0.0589 e. The number of methoxy groups -OCH3 is 1. The van der Waals surface area contributed by atoms with E-state index in [2.05, 4.69) is 18.7 Å². The van der Waals surface area contributed by atoms with E-state index >= 15 is 0 Å². The summed E-state index contributed by atoms with van der Waals surface area (Å²) in [5.74, 6) is 0. The zero-order valence-corrected chi connectivity index (χ0v) is 13.6. The highest BCUT2D eigenvalue weighted by molar-refractivity contribution is 6.30. The van der Waals surface area contributed by atoms with E-state index in [4.69, 9.17) is 22.1 Å². The van der Waals surface area contributed by atoms with Crippen LogP contribution in [0, 0.1) is 0 Å². The first-order valence-corrected chi connectivity index (χ1v) is 7.70. The molecule has 2 unspecified atom stereocenters. The number of benzene rings is 1. The molecule has 4 heteroatoms. The molecule has 1 aromatic carbocycles. The zero-order valence-electron chi connectivity index (χ0n) is 12.8. The Balaban J connectivity index is 2.53. The lowest BCUT2D eigenvalue weighted by molar-refractivity contribution is 0.120. The van der Waals surface area contributed by atoms with Crippen molar-refractivity contribution in [3.05, 3.63) is 34.9 Å². The van der Waals surface area contributed by atoms with Crippen molar-refractivity contribution in [1.29, 1.82) is 0 Å². The molecule has 20 heavy (non-hydrogen) atoms. The van der Waals surface area contributed by atoms with Crippen LogP contribution in [0.2, 0.25) is 5.02 Å². The highest BCUT2D eigenvalue weighted by Crippen LogP contribution is 2.19. The third-order valence-corrected chi connectivity index (χ3v) is 4.04. The van der Waals surface area contributed by atoms with Crippen LogP contribution in [-0.2, 0) is 4.74 Å². The number of hydrogen-bond acceptors (Lipinski definition) is 3. The van der Waals surface area contributed by atoms with Crippen LogP contribution < -0.4 is 5.73 Å². The molecular weight excluding hydrogens is 272 g/mol. The van der Waals surface area contributed by atoms with Gasteiger partial charge >= 0.3 is 0 Å². The molecule has 0 radical (unpaired) electrons. The Morgan fingerprint density at radius 3 is 2.70 bits per heavy atom. The van der Waals surface area contributed by atoms with Crippen LogP contribution in [0.15, 0.2) is 24.3 Å². The first-order chi connectivity index (χ1) is 9.58. The van der Waals surface area contributed by atoms with Gasteiger partial charge in [0.15, 0.2) is 0 Å². The second kappa shape index (κ2) is 9.35. The predicted octanol–water partition coefficient (Wildman–Crippen LogP) is 3.48. The van der Waals surface area contributed by atoms with Crippen LogP contribution >= 0.6 is 11.6 Å². The maximum Gasteiger partial charge on any atom is 0.0589 e. The van der Waals surface area contributed by atoms with Crippen LogP contribution in [0.5, 0.6) is 0 Å². The highest BCUT2D eigenvalue weighted by atomic mass is 35.5. The third-order valence-electron chi connectivity index (χ3n) is 3.80. The van der Waals surface area contributed by atoms with Gasteiger partial charge in [-0.25, -0.2) is 0 Å². The van der Waals surface area contributed by atoms with E-state index in [0.717, 1.165) is 43.1 Å². The van der Waals surface area contributed by atoms with Crippen molar-refractivity contribution in [2.24, 2.45) is 5.73 Å². The molecule has 114 valence electrons. The maximum absolute atomic E-state index is 6.27. The summed E-state index contributed by atoms with van der Waals surface area (Å²) < 4.78 is 5.18. The van der Waals surface area contributed by atoms with Crippen molar-refractivity contribution >= 4 is 11.6 Å². The molecule has 2 atom stereocenters. The minimum atomic E-state index is 0.0304. The molecule has 2 N–H and O–H groups in total. The van der Waals surface area contributed by atoms with Gasteiger partial charge in [-0.1, -0.05) is 30.7 Å². The number of hydrogen-bond donors (Lipinski definition) is 1. The molecule has 0 heterocycles. The molecule has 0 aliphatic heterocycles. The summed E-state index contributed by atoms with van der Waals surface area (Å²) in [6.45, 7) is 7.15. The largest absolute Gasteiger partial charge is 0.383 e. The molecule has 1 rings (SSSR count). The molecule has 0 aliphatic carbocycles. The van der Waals surface area contributed by atoms with Crippen molar-refractivity contribution in [3.63, 3.8) is 0 Å².